The van der Waals surface area contributed by atoms with E-state index in [2.05, 4.69) is 69.0 Å². The molecule has 21 heteroatoms. The number of anilines is 2. The van der Waals surface area contributed by atoms with Crippen molar-refractivity contribution in [2.75, 3.05) is 45.0 Å². The third kappa shape index (κ3) is 16.4. The summed E-state index contributed by atoms with van der Waals surface area (Å²) in [4.78, 5) is 74.9. The zero-order chi connectivity index (χ0) is 57.9. The molecule has 4 unspecified atom stereocenters. The maximum Gasteiger partial charge on any atom is 0.302 e. The first kappa shape index (κ1) is 64.7. The lowest BCUT2D eigenvalue weighted by molar-refractivity contribution is -0.480. The number of carbonyl (C=O) groups is 6. The molecular weight excluding hydrogens is 1370 g/mol. The summed E-state index contributed by atoms with van der Waals surface area (Å²) in [5.41, 5.74) is 5.99. The summed E-state index contributed by atoms with van der Waals surface area (Å²) in [5.74, 6) is -2.51. The second kappa shape index (κ2) is 29.7. The molecule has 428 valence electrons. The Morgan fingerprint density at radius 1 is 0.506 bits per heavy atom. The zero-order valence-corrected chi connectivity index (χ0v) is 52.9. The minimum Gasteiger partial charge on any atom is -1.00 e. The number of aromatic hydroxyl groups is 2. The minimum absolute atomic E-state index is 0. The molecule has 6 aromatic rings. The smallest absolute Gasteiger partial charge is 0.302 e. The van der Waals surface area contributed by atoms with Gasteiger partial charge in [0.25, 0.3) is 0 Å². The standard InChI is InChI=1S/2C30H29Br2NO7.BrH/c2*1-16(14-39-17(2)15-40-18(3)34)38-11-10-19-12-22(31)28(23(32)13-19)33-24-8-9-25(35)27-26(24)29(36)20-6-4-5-7-21(20)30(27)37;/h2*4-9,12-13,16-17,33,35H,10-11,14-15H2,1-3H3;1H. The van der Waals surface area contributed by atoms with E-state index in [9.17, 15) is 39.0 Å². The maximum atomic E-state index is 13.4. The van der Waals surface area contributed by atoms with Gasteiger partial charge in [-0.15, -0.1) is 0 Å². The van der Waals surface area contributed by atoms with Gasteiger partial charge in [-0.05, 0) is 158 Å². The summed E-state index contributed by atoms with van der Waals surface area (Å²) in [7, 11) is 0. The Bertz CT molecular complexity index is 3090. The van der Waals surface area contributed by atoms with E-state index < -0.39 is 5.78 Å². The van der Waals surface area contributed by atoms with E-state index in [1.807, 2.05) is 57.3 Å². The van der Waals surface area contributed by atoms with Gasteiger partial charge in [-0.25, -0.2) is 0 Å². The zero-order valence-electron chi connectivity index (χ0n) is 45.0. The Morgan fingerprint density at radius 2 is 0.877 bits per heavy atom. The van der Waals surface area contributed by atoms with Crippen molar-refractivity contribution in [2.45, 2.75) is 78.8 Å². The molecule has 16 nitrogen and oxygen atoms in total. The molecule has 8 rings (SSSR count). The molecular formula is C60H59Br5N2O14. The van der Waals surface area contributed by atoms with Crippen molar-refractivity contribution >= 4 is 122 Å². The summed E-state index contributed by atoms with van der Waals surface area (Å²) in [5, 5.41) is 26.1. The molecule has 5 N–H and O–H groups in total. The number of benzene rings is 6. The summed E-state index contributed by atoms with van der Waals surface area (Å²) in [6.07, 6.45) is 0.591. The first-order valence-corrected chi connectivity index (χ1v) is 28.7. The van der Waals surface area contributed by atoms with Crippen LogP contribution in [0.3, 0.4) is 0 Å². The van der Waals surface area contributed by atoms with Crippen molar-refractivity contribution in [2.24, 2.45) is 0 Å². The van der Waals surface area contributed by atoms with Crippen LogP contribution in [0.25, 0.3) is 0 Å². The van der Waals surface area contributed by atoms with Crippen molar-refractivity contribution in [3.8, 4) is 11.5 Å². The van der Waals surface area contributed by atoms with Crippen LogP contribution in [0.4, 0.5) is 22.7 Å². The van der Waals surface area contributed by atoms with Gasteiger partial charge in [-0.2, -0.15) is 0 Å². The largest absolute Gasteiger partial charge is 1.00 e. The van der Waals surface area contributed by atoms with Gasteiger partial charge in [0.05, 0.1) is 93.4 Å². The third-order valence-electron chi connectivity index (χ3n) is 12.8. The molecule has 0 aromatic heterocycles. The number of nitrogens with one attached hydrogen (secondary N) is 1. The molecule has 2 aliphatic rings. The highest BCUT2D eigenvalue weighted by atomic mass is 79.9. The van der Waals surface area contributed by atoms with E-state index in [0.717, 1.165) is 34.7 Å². The fourth-order valence-corrected chi connectivity index (χ4v) is 11.8. The predicted molar refractivity (Wildman–Crippen MR) is 313 cm³/mol. The Balaban J connectivity index is 0.000000258. The van der Waals surface area contributed by atoms with Crippen LogP contribution >= 0.6 is 63.7 Å². The van der Waals surface area contributed by atoms with E-state index >= 15 is 0 Å². The third-order valence-corrected chi connectivity index (χ3v) is 15.4. The molecule has 6 aromatic carbocycles. The number of hydrogen-bond donors (Lipinski definition) is 4. The molecule has 0 spiro atoms. The highest BCUT2D eigenvalue weighted by Crippen LogP contribution is 2.42. The van der Waals surface area contributed by atoms with Crippen molar-refractivity contribution in [1.82, 2.24) is 0 Å². The summed E-state index contributed by atoms with van der Waals surface area (Å²) in [6, 6.07) is 27.2. The second-order valence-corrected chi connectivity index (χ2v) is 22.6. The van der Waals surface area contributed by atoms with Gasteiger partial charge in [0, 0.05) is 51.1 Å². The molecule has 0 saturated heterocycles. The number of ether oxygens (including phenoxy) is 6. The van der Waals surface area contributed by atoms with E-state index in [1.54, 1.807) is 60.7 Å². The number of fused-ring (bicyclic) bond motifs is 4. The van der Waals surface area contributed by atoms with Gasteiger partial charge in [-0.3, -0.25) is 34.1 Å². The Kier molecular flexibility index (Phi) is 23.7. The highest BCUT2D eigenvalue weighted by Gasteiger charge is 2.37. The van der Waals surface area contributed by atoms with Gasteiger partial charge >= 0.3 is 11.9 Å². The average molecular weight is 1430 g/mol. The van der Waals surface area contributed by atoms with E-state index in [-0.39, 0.29) is 123 Å². The van der Waals surface area contributed by atoms with Crippen LogP contribution in [-0.4, -0.2) is 109 Å². The van der Waals surface area contributed by atoms with Crippen molar-refractivity contribution in [3.63, 3.8) is 0 Å². The number of quaternary nitrogens is 1. The Hall–Kier alpha value is -5.46. The van der Waals surface area contributed by atoms with Crippen LogP contribution in [0.1, 0.15) is 116 Å². The van der Waals surface area contributed by atoms with Crippen molar-refractivity contribution < 1.29 is 89.7 Å². The average Bonchev–Trinajstić information content (AvgIpc) is 3.63. The summed E-state index contributed by atoms with van der Waals surface area (Å²) < 4.78 is 36.0. The minimum atomic E-state index is -0.390. The van der Waals surface area contributed by atoms with Crippen LogP contribution in [0.15, 0.2) is 115 Å². The molecule has 0 heterocycles. The fourth-order valence-electron chi connectivity index (χ4n) is 8.78. The fraction of sp³-hybridized carbons (Fsp3) is 0.300. The number of carbonyl (C=O) groups excluding carboxylic acids is 6. The normalized spacial score (nSPS) is 13.7. The number of phenols is 2. The lowest BCUT2D eigenvalue weighted by atomic mass is 9.82. The van der Waals surface area contributed by atoms with Crippen LogP contribution in [-0.2, 0) is 50.9 Å². The predicted octanol–water partition coefficient (Wildman–Crippen LogP) is 8.49. The van der Waals surface area contributed by atoms with Gasteiger partial charge in [-0.1, -0.05) is 48.5 Å². The van der Waals surface area contributed by atoms with Crippen LogP contribution in [0, 0.1) is 0 Å². The van der Waals surface area contributed by atoms with Crippen LogP contribution in [0.5, 0.6) is 11.5 Å². The Morgan fingerprint density at radius 3 is 1.31 bits per heavy atom. The van der Waals surface area contributed by atoms with Crippen molar-refractivity contribution in [1.29, 1.82) is 0 Å². The molecule has 0 radical (unpaired) electrons. The number of phenolic OH excluding ortho intramolecular Hbond substituents is 2. The van der Waals surface area contributed by atoms with Gasteiger partial charge < -0.3 is 60.9 Å². The summed E-state index contributed by atoms with van der Waals surface area (Å²) in [6.45, 7) is 12.3. The molecule has 4 atom stereocenters. The first-order chi connectivity index (χ1) is 38.1. The number of esters is 2. The van der Waals surface area contributed by atoms with Gasteiger partial charge in [0.15, 0.2) is 23.0 Å². The maximum absolute atomic E-state index is 13.4. The van der Waals surface area contributed by atoms with Crippen LogP contribution in [0.2, 0.25) is 0 Å². The highest BCUT2D eigenvalue weighted by molar-refractivity contribution is 9.11. The SMILES string of the molecule is CC(=O)OCC(C)OCC(C)OCCc1cc(Br)c(Nc2ccc(O)c3c2C(=O)c2ccccc2C3=O)c(Br)c1.CC(=O)OCC(C)OCC(C)OCCc1cc(Br)c([NH2+]c2ccc(O)c3c2C(=O)c2ccccc2C3=O)c(Br)c1.[Br-]. The van der Waals surface area contributed by atoms with E-state index in [1.165, 1.54) is 26.0 Å². The van der Waals surface area contributed by atoms with E-state index in [0.29, 0.717) is 73.0 Å². The van der Waals surface area contributed by atoms with Gasteiger partial charge in [0.1, 0.15) is 30.4 Å². The number of rotatable bonds is 22. The number of hydrogen-bond acceptors (Lipinski definition) is 15. The summed E-state index contributed by atoms with van der Waals surface area (Å²) >= 11 is 14.5. The number of ketones is 4. The Labute approximate surface area is 513 Å². The molecule has 0 aliphatic heterocycles. The molecule has 0 saturated carbocycles. The van der Waals surface area contributed by atoms with Crippen molar-refractivity contribution in [3.05, 3.63) is 171 Å². The monoisotopic (exact) mass is 1430 g/mol. The molecule has 0 amide bonds. The molecule has 2 aliphatic carbocycles. The number of halogens is 5. The molecule has 0 fully saturated rings. The van der Waals surface area contributed by atoms with Crippen LogP contribution < -0.4 is 27.6 Å². The van der Waals surface area contributed by atoms with E-state index in [4.69, 9.17) is 28.4 Å². The molecule has 0 bridgehead atoms. The first-order valence-electron chi connectivity index (χ1n) is 25.5. The molecule has 81 heavy (non-hydrogen) atoms. The quantitative estimate of drug-likeness (QED) is 0.0283. The second-order valence-electron chi connectivity index (χ2n) is 19.1. The number of nitrogens with two attached hydrogens (primary N) is 1. The lowest BCUT2D eigenvalue weighted by Crippen LogP contribution is -3.00. The lowest BCUT2D eigenvalue weighted by Gasteiger charge is -2.22. The van der Waals surface area contributed by atoms with Gasteiger partial charge in [0.2, 0.25) is 5.78 Å². The topological polar surface area (TPSA) is 227 Å².